The van der Waals surface area contributed by atoms with E-state index in [2.05, 4.69) is 14.9 Å². The van der Waals surface area contributed by atoms with Crippen LogP contribution in [0.5, 0.6) is 11.5 Å². The fourth-order valence-corrected chi connectivity index (χ4v) is 2.62. The molecule has 9 heteroatoms. The first-order valence-electron chi connectivity index (χ1n) is 9.27. The van der Waals surface area contributed by atoms with Gasteiger partial charge in [0, 0.05) is 11.6 Å². The zero-order chi connectivity index (χ0) is 22.4. The predicted molar refractivity (Wildman–Crippen MR) is 108 cm³/mol. The van der Waals surface area contributed by atoms with Crippen LogP contribution in [0.2, 0.25) is 0 Å². The minimum Gasteiger partial charge on any atom is -0.493 e. The fraction of sp³-hybridized carbons (Fsp3) is 0.227. The maximum Gasteiger partial charge on any atom is 0.387 e. The van der Waals surface area contributed by atoms with Crippen molar-refractivity contribution in [3.63, 3.8) is 0 Å². The van der Waals surface area contributed by atoms with Gasteiger partial charge >= 0.3 is 12.6 Å². The molecule has 0 bridgehead atoms. The van der Waals surface area contributed by atoms with Gasteiger partial charge in [-0.3, -0.25) is 0 Å². The average molecular weight is 430 g/mol. The Kier molecular flexibility index (Phi) is 6.96. The molecule has 0 spiro atoms. The van der Waals surface area contributed by atoms with Crippen molar-refractivity contribution >= 4 is 12.0 Å². The van der Waals surface area contributed by atoms with Crippen LogP contribution in [0.1, 0.15) is 30.0 Å². The van der Waals surface area contributed by atoms with Gasteiger partial charge in [-0.05, 0) is 49.8 Å². The Morgan fingerprint density at radius 3 is 2.52 bits per heavy atom. The van der Waals surface area contributed by atoms with Gasteiger partial charge in [0.15, 0.2) is 17.6 Å². The van der Waals surface area contributed by atoms with Gasteiger partial charge in [-0.25, -0.2) is 4.79 Å². The lowest BCUT2D eigenvalue weighted by molar-refractivity contribution is -0.143. The summed E-state index contributed by atoms with van der Waals surface area (Å²) in [6, 6.07) is 11.8. The molecule has 1 heterocycles. The maximum absolute atomic E-state index is 12.4. The summed E-state index contributed by atoms with van der Waals surface area (Å²) in [6.45, 7) is 0.611. The molecule has 7 nitrogen and oxygen atoms in total. The summed E-state index contributed by atoms with van der Waals surface area (Å²) in [7, 11) is 1.33. The molecule has 0 saturated carbocycles. The highest BCUT2D eigenvalue weighted by Gasteiger charge is 2.18. The topological polar surface area (TPSA) is 83.7 Å². The largest absolute Gasteiger partial charge is 0.493 e. The van der Waals surface area contributed by atoms with Gasteiger partial charge in [0.2, 0.25) is 5.89 Å². The van der Waals surface area contributed by atoms with Crippen LogP contribution < -0.4 is 9.47 Å². The number of esters is 1. The molecule has 0 aliphatic carbocycles. The number of carbonyl (C=O) groups is 1. The van der Waals surface area contributed by atoms with E-state index < -0.39 is 18.7 Å². The molecule has 2 aromatic carbocycles. The molecule has 0 aliphatic rings. The van der Waals surface area contributed by atoms with Crippen molar-refractivity contribution in [3.05, 3.63) is 65.6 Å². The van der Waals surface area contributed by atoms with Crippen LogP contribution in [-0.4, -0.2) is 29.9 Å². The molecule has 0 radical (unpaired) electrons. The van der Waals surface area contributed by atoms with Crippen molar-refractivity contribution in [3.8, 4) is 23.0 Å². The second kappa shape index (κ2) is 9.84. The first-order chi connectivity index (χ1) is 14.9. The number of ether oxygens (including phenoxy) is 3. The third-order valence-electron chi connectivity index (χ3n) is 4.20. The number of nitrogens with zero attached hydrogens (tertiary/aromatic N) is 2. The van der Waals surface area contributed by atoms with Crippen molar-refractivity contribution in [1.29, 1.82) is 0 Å². The molecular weight excluding hydrogens is 410 g/mol. The number of alkyl halides is 2. The first-order valence-corrected chi connectivity index (χ1v) is 9.27. The molecule has 0 amide bonds. The number of benzene rings is 2. The summed E-state index contributed by atoms with van der Waals surface area (Å²) in [4.78, 5) is 12.1. The van der Waals surface area contributed by atoms with Crippen molar-refractivity contribution in [2.75, 3.05) is 7.11 Å². The third kappa shape index (κ3) is 5.88. The molecule has 31 heavy (non-hydrogen) atoms. The molecule has 0 saturated heterocycles. The Labute approximate surface area is 177 Å². The third-order valence-corrected chi connectivity index (χ3v) is 4.20. The smallest absolute Gasteiger partial charge is 0.387 e. The molecule has 162 valence electrons. The van der Waals surface area contributed by atoms with Crippen LogP contribution in [-0.2, 0) is 9.53 Å². The summed E-state index contributed by atoms with van der Waals surface area (Å²) < 4.78 is 45.1. The standard InChI is InChI=1S/C22H20F2N2O5/c1-13-4-8-16(9-5-13)21-26-25-20(31-21)14(2)29-19(27)11-7-15-6-10-17(30-22(23)24)18(12-15)28-3/h4-12,14,22H,1-3H3/b11-7+. The van der Waals surface area contributed by atoms with Gasteiger partial charge in [0.05, 0.1) is 7.11 Å². The predicted octanol–water partition coefficient (Wildman–Crippen LogP) is 4.97. The van der Waals surface area contributed by atoms with E-state index >= 15 is 0 Å². The maximum atomic E-state index is 12.4. The summed E-state index contributed by atoms with van der Waals surface area (Å²) in [5.74, 6) is -0.154. The Morgan fingerprint density at radius 2 is 1.84 bits per heavy atom. The summed E-state index contributed by atoms with van der Waals surface area (Å²) in [5, 5.41) is 7.91. The average Bonchev–Trinajstić information content (AvgIpc) is 3.23. The molecule has 3 aromatic rings. The van der Waals surface area contributed by atoms with E-state index in [0.29, 0.717) is 11.5 Å². The Balaban J connectivity index is 1.62. The summed E-state index contributed by atoms with van der Waals surface area (Å²) >= 11 is 0. The highest BCUT2D eigenvalue weighted by Crippen LogP contribution is 2.30. The van der Waals surface area contributed by atoms with E-state index in [1.54, 1.807) is 6.92 Å². The van der Waals surface area contributed by atoms with E-state index in [1.165, 1.54) is 37.5 Å². The van der Waals surface area contributed by atoms with Gasteiger partial charge in [0.25, 0.3) is 5.89 Å². The molecule has 0 N–H and O–H groups in total. The Morgan fingerprint density at radius 1 is 1.10 bits per heavy atom. The lowest BCUT2D eigenvalue weighted by Gasteiger charge is -2.10. The molecule has 1 aromatic heterocycles. The molecule has 3 rings (SSSR count). The number of aromatic nitrogens is 2. The van der Waals surface area contributed by atoms with E-state index in [-0.39, 0.29) is 17.4 Å². The highest BCUT2D eigenvalue weighted by atomic mass is 19.3. The quantitative estimate of drug-likeness (QED) is 0.368. The number of methoxy groups -OCH3 is 1. The number of hydrogen-bond donors (Lipinski definition) is 0. The minimum atomic E-state index is -2.97. The zero-order valence-electron chi connectivity index (χ0n) is 17.0. The molecule has 0 fully saturated rings. The molecule has 0 aliphatic heterocycles. The Bertz CT molecular complexity index is 1060. The van der Waals surface area contributed by atoms with Crippen LogP contribution in [0.15, 0.2) is 53.0 Å². The van der Waals surface area contributed by atoms with Crippen LogP contribution in [0, 0.1) is 6.92 Å². The second-order valence-electron chi connectivity index (χ2n) is 6.51. The van der Waals surface area contributed by atoms with Gasteiger partial charge in [-0.1, -0.05) is 23.8 Å². The first kappa shape index (κ1) is 21.9. The van der Waals surface area contributed by atoms with Crippen LogP contribution in [0.3, 0.4) is 0 Å². The molecular formula is C22H20F2N2O5. The van der Waals surface area contributed by atoms with Gasteiger partial charge in [0.1, 0.15) is 0 Å². The van der Waals surface area contributed by atoms with Crippen molar-refractivity contribution in [2.45, 2.75) is 26.6 Å². The monoisotopic (exact) mass is 430 g/mol. The van der Waals surface area contributed by atoms with E-state index in [4.69, 9.17) is 13.9 Å². The van der Waals surface area contributed by atoms with Gasteiger partial charge in [-0.15, -0.1) is 10.2 Å². The van der Waals surface area contributed by atoms with Crippen LogP contribution in [0.4, 0.5) is 8.78 Å². The lowest BCUT2D eigenvalue weighted by atomic mass is 10.1. The minimum absolute atomic E-state index is 0.105. The Hall–Kier alpha value is -3.75. The normalized spacial score (nSPS) is 12.2. The van der Waals surface area contributed by atoms with Crippen molar-refractivity contribution < 1.29 is 32.2 Å². The number of carbonyl (C=O) groups excluding carboxylic acids is 1. The van der Waals surface area contributed by atoms with E-state index in [1.807, 2.05) is 31.2 Å². The molecule has 1 unspecified atom stereocenters. The van der Waals surface area contributed by atoms with E-state index in [9.17, 15) is 13.6 Å². The van der Waals surface area contributed by atoms with Gasteiger partial charge < -0.3 is 18.6 Å². The number of aryl methyl sites for hydroxylation is 1. The SMILES string of the molecule is COc1cc(/C=C/C(=O)OC(C)c2nnc(-c3ccc(C)cc3)o2)ccc1OC(F)F. The van der Waals surface area contributed by atoms with Crippen LogP contribution in [0.25, 0.3) is 17.5 Å². The lowest BCUT2D eigenvalue weighted by Crippen LogP contribution is -2.06. The number of hydrogen-bond acceptors (Lipinski definition) is 7. The summed E-state index contributed by atoms with van der Waals surface area (Å²) in [5.41, 5.74) is 2.39. The number of rotatable bonds is 8. The van der Waals surface area contributed by atoms with Crippen LogP contribution >= 0.6 is 0 Å². The van der Waals surface area contributed by atoms with Crippen molar-refractivity contribution in [1.82, 2.24) is 10.2 Å². The second-order valence-corrected chi connectivity index (χ2v) is 6.51. The van der Waals surface area contributed by atoms with E-state index in [0.717, 1.165) is 11.1 Å². The number of halogens is 2. The zero-order valence-corrected chi connectivity index (χ0v) is 17.0. The van der Waals surface area contributed by atoms with Gasteiger partial charge in [-0.2, -0.15) is 8.78 Å². The van der Waals surface area contributed by atoms with Crippen molar-refractivity contribution in [2.24, 2.45) is 0 Å². The highest BCUT2D eigenvalue weighted by molar-refractivity contribution is 5.87. The summed E-state index contributed by atoms with van der Waals surface area (Å²) in [6.07, 6.45) is 1.88. The molecule has 1 atom stereocenters. The fourth-order valence-electron chi connectivity index (χ4n) is 2.62.